The Morgan fingerprint density at radius 3 is 2.62 bits per heavy atom. The predicted octanol–water partition coefficient (Wildman–Crippen LogP) is 3.16. The third-order valence-corrected chi connectivity index (χ3v) is 6.54. The van der Waals surface area contributed by atoms with E-state index in [1.807, 2.05) is 24.4 Å². The van der Waals surface area contributed by atoms with Crippen LogP contribution in [0.2, 0.25) is 0 Å². The van der Waals surface area contributed by atoms with Crippen molar-refractivity contribution in [2.45, 2.75) is 20.4 Å². The van der Waals surface area contributed by atoms with Crippen LogP contribution < -0.4 is 4.31 Å². The lowest BCUT2D eigenvalue weighted by molar-refractivity contribution is 0.0734. The van der Waals surface area contributed by atoms with Gasteiger partial charge in [0.1, 0.15) is 6.54 Å². The van der Waals surface area contributed by atoms with Gasteiger partial charge in [0.15, 0.2) is 0 Å². The number of carbonyl (C=O) groups is 1. The molecule has 0 unspecified atom stereocenters. The molecule has 0 atom stereocenters. The molecule has 3 rings (SSSR count). The van der Waals surface area contributed by atoms with Crippen molar-refractivity contribution in [1.82, 2.24) is 15.0 Å². The molecule has 0 aliphatic rings. The Morgan fingerprint density at radius 1 is 1.28 bits per heavy atom. The van der Waals surface area contributed by atoms with Gasteiger partial charge in [-0.05, 0) is 49.1 Å². The maximum absolute atomic E-state index is 13.0. The van der Waals surface area contributed by atoms with Crippen LogP contribution in [-0.4, -0.2) is 49.2 Å². The number of benzene rings is 1. The highest BCUT2D eigenvalue weighted by atomic mass is 32.2. The molecule has 0 bridgehead atoms. The summed E-state index contributed by atoms with van der Waals surface area (Å²) in [6.07, 6.45) is 1.14. The van der Waals surface area contributed by atoms with Crippen molar-refractivity contribution in [3.8, 4) is 10.7 Å². The minimum atomic E-state index is -3.38. The lowest BCUT2D eigenvalue weighted by atomic mass is 10.1. The molecule has 0 spiro atoms. The van der Waals surface area contributed by atoms with E-state index in [0.29, 0.717) is 35.1 Å². The zero-order valence-corrected chi connectivity index (χ0v) is 18.2. The van der Waals surface area contributed by atoms with Crippen LogP contribution in [0.25, 0.3) is 10.7 Å². The van der Waals surface area contributed by atoms with Crippen LogP contribution >= 0.6 is 11.3 Å². The quantitative estimate of drug-likeness (QED) is 0.567. The van der Waals surface area contributed by atoms with Crippen LogP contribution in [0, 0.1) is 6.92 Å². The molecule has 0 aliphatic carbocycles. The molecule has 2 aromatic heterocycles. The summed E-state index contributed by atoms with van der Waals surface area (Å²) in [5, 5.41) is 5.90. The molecule has 0 N–H and O–H groups in total. The van der Waals surface area contributed by atoms with E-state index in [1.165, 1.54) is 22.7 Å². The van der Waals surface area contributed by atoms with E-state index < -0.39 is 10.0 Å². The molecule has 154 valence electrons. The van der Waals surface area contributed by atoms with Crippen LogP contribution in [0.1, 0.15) is 28.7 Å². The van der Waals surface area contributed by atoms with Crippen LogP contribution in [0.4, 0.5) is 5.69 Å². The average Bonchev–Trinajstić information content (AvgIpc) is 3.35. The van der Waals surface area contributed by atoms with Gasteiger partial charge < -0.3 is 9.42 Å². The second kappa shape index (κ2) is 8.34. The fraction of sp³-hybridized carbons (Fsp3) is 0.316. The first kappa shape index (κ1) is 21.0. The number of sulfonamides is 1. The molecule has 1 amide bonds. The first-order chi connectivity index (χ1) is 13.7. The van der Waals surface area contributed by atoms with Crippen molar-refractivity contribution in [2.75, 3.05) is 24.2 Å². The normalized spacial score (nSPS) is 11.4. The molecular weight excluding hydrogens is 412 g/mol. The zero-order chi connectivity index (χ0) is 21.2. The highest BCUT2D eigenvalue weighted by Crippen LogP contribution is 2.24. The zero-order valence-electron chi connectivity index (χ0n) is 16.6. The Morgan fingerprint density at radius 2 is 2.03 bits per heavy atom. The molecule has 10 heteroatoms. The van der Waals surface area contributed by atoms with Gasteiger partial charge in [-0.2, -0.15) is 4.98 Å². The number of aromatic nitrogens is 2. The fourth-order valence-electron chi connectivity index (χ4n) is 2.82. The Bertz CT molecular complexity index is 1110. The summed E-state index contributed by atoms with van der Waals surface area (Å²) >= 11 is 1.51. The third-order valence-electron chi connectivity index (χ3n) is 4.49. The number of carbonyl (C=O) groups excluding carboxylic acids is 1. The first-order valence-electron chi connectivity index (χ1n) is 8.91. The molecule has 2 heterocycles. The molecule has 0 saturated heterocycles. The van der Waals surface area contributed by atoms with E-state index in [2.05, 4.69) is 10.1 Å². The Labute approximate surface area is 173 Å². The van der Waals surface area contributed by atoms with E-state index in [-0.39, 0.29) is 12.5 Å². The second-order valence-electron chi connectivity index (χ2n) is 6.54. The first-order valence-corrected chi connectivity index (χ1v) is 11.6. The van der Waals surface area contributed by atoms with Crippen molar-refractivity contribution >= 4 is 33.0 Å². The molecule has 0 radical (unpaired) electrons. The van der Waals surface area contributed by atoms with Crippen molar-refractivity contribution < 1.29 is 17.7 Å². The number of aryl methyl sites for hydroxylation is 1. The van der Waals surface area contributed by atoms with E-state index >= 15 is 0 Å². The van der Waals surface area contributed by atoms with Gasteiger partial charge in [0, 0.05) is 19.2 Å². The Balaban J connectivity index is 1.78. The summed E-state index contributed by atoms with van der Waals surface area (Å²) in [5.41, 5.74) is 1.69. The lowest BCUT2D eigenvalue weighted by Crippen LogP contribution is -2.31. The standard InChI is InChI=1S/C19H22N4O4S2/c1-5-23(12-17-20-18(21-27-17)16-7-6-10-28-16)19(24)14-8-9-15(13(2)11-14)22(3)29(4,25)26/h6-11H,5,12H2,1-4H3. The number of rotatable bonds is 7. The molecule has 8 nitrogen and oxygen atoms in total. The molecule has 0 saturated carbocycles. The number of hydrogen-bond acceptors (Lipinski definition) is 7. The largest absolute Gasteiger partial charge is 0.337 e. The number of hydrogen-bond donors (Lipinski definition) is 0. The average molecular weight is 435 g/mol. The van der Waals surface area contributed by atoms with Crippen LogP contribution in [0.3, 0.4) is 0 Å². The van der Waals surface area contributed by atoms with Gasteiger partial charge in [0.2, 0.25) is 21.7 Å². The second-order valence-corrected chi connectivity index (χ2v) is 9.50. The van der Waals surface area contributed by atoms with Gasteiger partial charge in [-0.3, -0.25) is 9.10 Å². The summed E-state index contributed by atoms with van der Waals surface area (Å²) in [5.74, 6) is 0.663. The maximum atomic E-state index is 13.0. The van der Waals surface area contributed by atoms with Gasteiger partial charge >= 0.3 is 0 Å². The summed E-state index contributed by atoms with van der Waals surface area (Å²) in [6.45, 7) is 4.29. The molecule has 1 aromatic carbocycles. The predicted molar refractivity (Wildman–Crippen MR) is 112 cm³/mol. The molecule has 0 aliphatic heterocycles. The van der Waals surface area contributed by atoms with Crippen molar-refractivity contribution in [3.63, 3.8) is 0 Å². The number of amides is 1. The van der Waals surface area contributed by atoms with Gasteiger partial charge in [0.05, 0.1) is 16.8 Å². The summed E-state index contributed by atoms with van der Waals surface area (Å²) in [6, 6.07) is 8.76. The SMILES string of the molecule is CCN(Cc1nc(-c2cccs2)no1)C(=O)c1ccc(N(C)S(C)(=O)=O)c(C)c1. The van der Waals surface area contributed by atoms with Gasteiger partial charge in [0.25, 0.3) is 5.91 Å². The van der Waals surface area contributed by atoms with Crippen molar-refractivity contribution in [1.29, 1.82) is 0 Å². The topological polar surface area (TPSA) is 96.6 Å². The number of anilines is 1. The third kappa shape index (κ3) is 4.65. The summed E-state index contributed by atoms with van der Waals surface area (Å²) < 4.78 is 30.0. The van der Waals surface area contributed by atoms with E-state index in [1.54, 1.807) is 30.0 Å². The van der Waals surface area contributed by atoms with Gasteiger partial charge in [-0.25, -0.2) is 8.42 Å². The van der Waals surface area contributed by atoms with Gasteiger partial charge in [-0.15, -0.1) is 11.3 Å². The highest BCUT2D eigenvalue weighted by Gasteiger charge is 2.21. The number of nitrogens with zero attached hydrogens (tertiary/aromatic N) is 4. The monoisotopic (exact) mass is 434 g/mol. The number of thiophene rings is 1. The Hall–Kier alpha value is -2.72. The molecular formula is C19H22N4O4S2. The van der Waals surface area contributed by atoms with Crippen LogP contribution in [0.15, 0.2) is 40.2 Å². The van der Waals surface area contributed by atoms with E-state index in [9.17, 15) is 13.2 Å². The summed E-state index contributed by atoms with van der Waals surface area (Å²) in [4.78, 5) is 19.8. The van der Waals surface area contributed by atoms with E-state index in [4.69, 9.17) is 4.52 Å². The lowest BCUT2D eigenvalue weighted by Gasteiger charge is -2.22. The summed E-state index contributed by atoms with van der Waals surface area (Å²) in [7, 11) is -1.89. The van der Waals surface area contributed by atoms with Gasteiger partial charge in [-0.1, -0.05) is 11.2 Å². The maximum Gasteiger partial charge on any atom is 0.254 e. The Kier molecular flexibility index (Phi) is 6.04. The molecule has 3 aromatic rings. The molecule has 0 fully saturated rings. The molecule has 29 heavy (non-hydrogen) atoms. The van der Waals surface area contributed by atoms with E-state index in [0.717, 1.165) is 11.1 Å². The van der Waals surface area contributed by atoms with Crippen LogP contribution in [-0.2, 0) is 16.6 Å². The smallest absolute Gasteiger partial charge is 0.254 e. The minimum Gasteiger partial charge on any atom is -0.337 e. The fourth-order valence-corrected chi connectivity index (χ4v) is 4.03. The van der Waals surface area contributed by atoms with Crippen molar-refractivity contribution in [3.05, 3.63) is 52.7 Å². The van der Waals surface area contributed by atoms with Crippen molar-refractivity contribution in [2.24, 2.45) is 0 Å². The van der Waals surface area contributed by atoms with Crippen LogP contribution in [0.5, 0.6) is 0 Å². The minimum absolute atomic E-state index is 0.192. The highest BCUT2D eigenvalue weighted by molar-refractivity contribution is 7.92.